The first-order chi connectivity index (χ1) is 8.54. The van der Waals surface area contributed by atoms with Gasteiger partial charge in [0.25, 0.3) is 0 Å². The monoisotopic (exact) mass is 251 g/mol. The van der Waals surface area contributed by atoms with Gasteiger partial charge in [-0.05, 0) is 55.8 Å². The van der Waals surface area contributed by atoms with Gasteiger partial charge in [-0.25, -0.2) is 0 Å². The Morgan fingerprint density at radius 1 is 1.06 bits per heavy atom. The van der Waals surface area contributed by atoms with Crippen LogP contribution in [0.2, 0.25) is 0 Å². The number of carboxylic acids is 1. The molecular formula is C14H21NO3. The molecule has 0 spiro atoms. The Morgan fingerprint density at radius 3 is 2.00 bits per heavy atom. The second kappa shape index (κ2) is 4.34. The van der Waals surface area contributed by atoms with E-state index < -0.39 is 12.0 Å². The van der Waals surface area contributed by atoms with Crippen LogP contribution >= 0.6 is 0 Å². The second-order valence-corrected chi connectivity index (χ2v) is 6.56. The number of hydrogen-bond donors (Lipinski definition) is 2. The molecule has 4 heteroatoms. The zero-order valence-electron chi connectivity index (χ0n) is 10.5. The van der Waals surface area contributed by atoms with Gasteiger partial charge in [0.2, 0.25) is 0 Å². The SMILES string of the molecule is NC(CC(=O)O)C(=O)C1C2CC3CC(C2)CC1C3. The average molecular weight is 251 g/mol. The van der Waals surface area contributed by atoms with Gasteiger partial charge in [-0.3, -0.25) is 9.59 Å². The Hall–Kier alpha value is -0.900. The van der Waals surface area contributed by atoms with Gasteiger partial charge in [-0.1, -0.05) is 0 Å². The van der Waals surface area contributed by atoms with Gasteiger partial charge in [-0.2, -0.15) is 0 Å². The number of carbonyl (C=O) groups is 2. The maximum absolute atomic E-state index is 12.4. The lowest BCUT2D eigenvalue weighted by molar-refractivity contribution is -0.143. The Morgan fingerprint density at radius 2 is 1.56 bits per heavy atom. The Kier molecular flexibility index (Phi) is 2.93. The molecule has 3 N–H and O–H groups in total. The number of hydrogen-bond acceptors (Lipinski definition) is 3. The molecule has 4 nitrogen and oxygen atoms in total. The fourth-order valence-electron chi connectivity index (χ4n) is 4.93. The zero-order valence-corrected chi connectivity index (χ0v) is 10.5. The average Bonchev–Trinajstić information content (AvgIpc) is 2.26. The molecule has 1 atom stereocenters. The van der Waals surface area contributed by atoms with Crippen molar-refractivity contribution in [3.8, 4) is 0 Å². The molecule has 0 aromatic heterocycles. The molecule has 4 rings (SSSR count). The standard InChI is InChI=1S/C14H21NO3/c15-11(6-12(16)17)14(18)13-9-2-7-1-8(4-9)5-10(13)3-7/h7-11,13H,1-6,15H2,(H,16,17). The van der Waals surface area contributed by atoms with Crippen LogP contribution in [0, 0.1) is 29.6 Å². The lowest BCUT2D eigenvalue weighted by Gasteiger charge is -2.54. The van der Waals surface area contributed by atoms with Gasteiger partial charge in [0.1, 0.15) is 0 Å². The lowest BCUT2D eigenvalue weighted by Crippen LogP contribution is -2.52. The normalized spacial score (nSPS) is 42.8. The summed E-state index contributed by atoms with van der Waals surface area (Å²) >= 11 is 0. The number of carbonyl (C=O) groups excluding carboxylic acids is 1. The molecule has 1 unspecified atom stereocenters. The maximum Gasteiger partial charge on any atom is 0.305 e. The summed E-state index contributed by atoms with van der Waals surface area (Å²) in [4.78, 5) is 23.1. The van der Waals surface area contributed by atoms with Crippen LogP contribution in [0.3, 0.4) is 0 Å². The van der Waals surface area contributed by atoms with Crippen molar-refractivity contribution in [3.63, 3.8) is 0 Å². The van der Waals surface area contributed by atoms with Crippen LogP contribution in [0.15, 0.2) is 0 Å². The fourth-order valence-corrected chi connectivity index (χ4v) is 4.93. The number of carboxylic acid groups (broad SMARTS) is 1. The minimum atomic E-state index is -0.973. The molecule has 18 heavy (non-hydrogen) atoms. The third kappa shape index (κ3) is 1.96. The van der Waals surface area contributed by atoms with E-state index >= 15 is 0 Å². The van der Waals surface area contributed by atoms with E-state index in [2.05, 4.69) is 0 Å². The van der Waals surface area contributed by atoms with Crippen molar-refractivity contribution >= 4 is 11.8 Å². The van der Waals surface area contributed by atoms with E-state index in [-0.39, 0.29) is 18.1 Å². The van der Waals surface area contributed by atoms with Crippen LogP contribution in [0.1, 0.15) is 38.5 Å². The minimum absolute atomic E-state index is 0.0196. The van der Waals surface area contributed by atoms with Crippen LogP contribution in [0.5, 0.6) is 0 Å². The number of aliphatic carboxylic acids is 1. The van der Waals surface area contributed by atoms with Crippen molar-refractivity contribution in [2.45, 2.75) is 44.6 Å². The molecule has 0 aliphatic heterocycles. The summed E-state index contributed by atoms with van der Waals surface area (Å²) in [5.41, 5.74) is 5.77. The predicted molar refractivity (Wildman–Crippen MR) is 65.8 cm³/mol. The molecule has 0 saturated heterocycles. The van der Waals surface area contributed by atoms with Crippen LogP contribution in [-0.4, -0.2) is 22.9 Å². The fraction of sp³-hybridized carbons (Fsp3) is 0.857. The summed E-state index contributed by atoms with van der Waals surface area (Å²) in [6.45, 7) is 0. The highest BCUT2D eigenvalue weighted by molar-refractivity contribution is 5.90. The molecule has 0 aromatic carbocycles. The van der Waals surface area contributed by atoms with E-state index in [1.54, 1.807) is 0 Å². The van der Waals surface area contributed by atoms with E-state index in [1.807, 2.05) is 0 Å². The molecule has 4 aliphatic carbocycles. The first-order valence-corrected chi connectivity index (χ1v) is 7.05. The van der Waals surface area contributed by atoms with Gasteiger partial charge in [0.15, 0.2) is 5.78 Å². The van der Waals surface area contributed by atoms with Crippen LogP contribution in [0.4, 0.5) is 0 Å². The van der Waals surface area contributed by atoms with Gasteiger partial charge >= 0.3 is 5.97 Å². The minimum Gasteiger partial charge on any atom is -0.481 e. The summed E-state index contributed by atoms with van der Waals surface area (Å²) in [5.74, 6) is 1.75. The van der Waals surface area contributed by atoms with Gasteiger partial charge in [0, 0.05) is 5.92 Å². The summed E-state index contributed by atoms with van der Waals surface area (Å²) in [5, 5.41) is 8.75. The van der Waals surface area contributed by atoms with E-state index in [0.29, 0.717) is 11.8 Å². The van der Waals surface area contributed by atoms with E-state index in [1.165, 1.54) is 32.1 Å². The third-order valence-corrected chi connectivity index (χ3v) is 5.32. The highest BCUT2D eigenvalue weighted by atomic mass is 16.4. The Labute approximate surface area is 107 Å². The van der Waals surface area contributed by atoms with Gasteiger partial charge < -0.3 is 10.8 Å². The van der Waals surface area contributed by atoms with Crippen molar-refractivity contribution < 1.29 is 14.7 Å². The largest absolute Gasteiger partial charge is 0.481 e. The Balaban J connectivity index is 1.72. The van der Waals surface area contributed by atoms with E-state index in [4.69, 9.17) is 10.8 Å². The predicted octanol–water partition coefficient (Wildman–Crippen LogP) is 1.43. The molecule has 0 radical (unpaired) electrons. The molecule has 4 bridgehead atoms. The molecular weight excluding hydrogens is 230 g/mol. The van der Waals surface area contributed by atoms with Crippen molar-refractivity contribution in [3.05, 3.63) is 0 Å². The van der Waals surface area contributed by atoms with E-state index in [0.717, 1.165) is 11.8 Å². The number of rotatable bonds is 4. The second-order valence-electron chi connectivity index (χ2n) is 6.56. The lowest BCUT2D eigenvalue weighted by atomic mass is 9.50. The smallest absolute Gasteiger partial charge is 0.305 e. The first-order valence-electron chi connectivity index (χ1n) is 7.05. The maximum atomic E-state index is 12.4. The third-order valence-electron chi connectivity index (χ3n) is 5.32. The topological polar surface area (TPSA) is 80.4 Å². The molecule has 4 fully saturated rings. The molecule has 4 aliphatic rings. The molecule has 0 amide bonds. The van der Waals surface area contributed by atoms with E-state index in [9.17, 15) is 9.59 Å². The van der Waals surface area contributed by atoms with Crippen molar-refractivity contribution in [1.29, 1.82) is 0 Å². The Bertz CT molecular complexity index is 351. The molecule has 0 aromatic rings. The molecule has 4 saturated carbocycles. The summed E-state index contributed by atoms with van der Waals surface area (Å²) < 4.78 is 0. The highest BCUT2D eigenvalue weighted by Crippen LogP contribution is 2.56. The van der Waals surface area contributed by atoms with Gasteiger partial charge in [0.05, 0.1) is 12.5 Å². The van der Waals surface area contributed by atoms with Crippen LogP contribution in [0.25, 0.3) is 0 Å². The quantitative estimate of drug-likeness (QED) is 0.792. The number of nitrogens with two attached hydrogens (primary N) is 1. The van der Waals surface area contributed by atoms with Crippen molar-refractivity contribution in [2.75, 3.05) is 0 Å². The summed E-state index contributed by atoms with van der Waals surface area (Å²) in [6, 6.07) is -0.801. The molecule has 0 heterocycles. The summed E-state index contributed by atoms with van der Waals surface area (Å²) in [6.07, 6.45) is 5.81. The zero-order chi connectivity index (χ0) is 12.9. The van der Waals surface area contributed by atoms with Gasteiger partial charge in [-0.15, -0.1) is 0 Å². The number of Topliss-reactive ketones (excluding diaryl/α,β-unsaturated/α-hetero) is 1. The van der Waals surface area contributed by atoms with Crippen molar-refractivity contribution in [1.82, 2.24) is 0 Å². The molecule has 100 valence electrons. The first kappa shape index (κ1) is 12.2. The van der Waals surface area contributed by atoms with Crippen molar-refractivity contribution in [2.24, 2.45) is 35.3 Å². The van der Waals surface area contributed by atoms with Crippen LogP contribution in [-0.2, 0) is 9.59 Å². The highest BCUT2D eigenvalue weighted by Gasteiger charge is 2.51. The summed E-state index contributed by atoms with van der Waals surface area (Å²) in [7, 11) is 0. The van der Waals surface area contributed by atoms with Crippen LogP contribution < -0.4 is 5.73 Å². The number of ketones is 1.